The summed E-state index contributed by atoms with van der Waals surface area (Å²) in [6.07, 6.45) is 1.40. The molecule has 5 aliphatic rings. The van der Waals surface area contributed by atoms with Gasteiger partial charge < -0.3 is 43.0 Å². The lowest BCUT2D eigenvalue weighted by Crippen LogP contribution is -2.55. The molecule has 0 amide bonds. The van der Waals surface area contributed by atoms with Crippen LogP contribution in [0.25, 0.3) is 0 Å². The SMILES string of the molecule is CC[C@@]1(C)O[C@@H]2OC(C)(C)O[C@H]2C1OCc1ccccc1.CC[C@@]1(C2(O)CC2)O[C@@H]2OC(C)(C)O[C@H]2C1OCc1ccccc1.O=C=O. The van der Waals surface area contributed by atoms with E-state index in [-0.39, 0.29) is 42.5 Å². The van der Waals surface area contributed by atoms with Crippen LogP contribution in [0.2, 0.25) is 0 Å². The molecule has 4 saturated heterocycles. The number of hydrogen-bond donors (Lipinski definition) is 1. The van der Waals surface area contributed by atoms with E-state index >= 15 is 0 Å². The minimum Gasteiger partial charge on any atom is -0.387 e. The molecular formula is C37H50O11. The van der Waals surface area contributed by atoms with E-state index < -0.39 is 29.1 Å². The van der Waals surface area contributed by atoms with E-state index in [1.54, 1.807) is 0 Å². The molecule has 11 nitrogen and oxygen atoms in total. The van der Waals surface area contributed by atoms with Gasteiger partial charge in [0.15, 0.2) is 24.2 Å². The number of carbonyl (C=O) groups excluding carboxylic acids is 2. The van der Waals surface area contributed by atoms with E-state index in [2.05, 4.69) is 26.0 Å². The van der Waals surface area contributed by atoms with Crippen molar-refractivity contribution < 1.29 is 52.6 Å². The molecule has 0 aromatic heterocycles. The topological polar surface area (TPSA) is 128 Å². The second-order valence-corrected chi connectivity index (χ2v) is 14.1. The van der Waals surface area contributed by atoms with Gasteiger partial charge >= 0.3 is 6.15 Å². The summed E-state index contributed by atoms with van der Waals surface area (Å²) in [6, 6.07) is 20.2. The van der Waals surface area contributed by atoms with Crippen molar-refractivity contribution in [2.24, 2.45) is 0 Å². The number of rotatable bonds is 9. The highest BCUT2D eigenvalue weighted by Crippen LogP contribution is 2.57. The summed E-state index contributed by atoms with van der Waals surface area (Å²) in [6.45, 7) is 14.8. The molecule has 48 heavy (non-hydrogen) atoms. The van der Waals surface area contributed by atoms with Crippen molar-refractivity contribution in [3.05, 3.63) is 71.8 Å². The van der Waals surface area contributed by atoms with Crippen LogP contribution in [-0.4, -0.2) is 76.6 Å². The summed E-state index contributed by atoms with van der Waals surface area (Å²) in [5.74, 6) is -1.31. The predicted molar refractivity (Wildman–Crippen MR) is 171 cm³/mol. The molecule has 5 fully saturated rings. The lowest BCUT2D eigenvalue weighted by Gasteiger charge is -2.40. The van der Waals surface area contributed by atoms with Crippen LogP contribution in [-0.2, 0) is 60.7 Å². The smallest absolute Gasteiger partial charge is 0.373 e. The summed E-state index contributed by atoms with van der Waals surface area (Å²) in [7, 11) is 0. The van der Waals surface area contributed by atoms with Crippen LogP contribution < -0.4 is 0 Å². The summed E-state index contributed by atoms with van der Waals surface area (Å²) < 4.78 is 48.6. The van der Waals surface area contributed by atoms with E-state index in [0.29, 0.717) is 19.6 Å². The Morgan fingerprint density at radius 1 is 0.667 bits per heavy atom. The fourth-order valence-corrected chi connectivity index (χ4v) is 7.16. The fourth-order valence-electron chi connectivity index (χ4n) is 7.16. The standard InChI is InChI=1S/C19H26O5.C17H24O4.CO2/c1-4-19(18(20)10-11-18)15(21-12-13-8-6-5-7-9-13)14-16(24-19)23-17(2,3)22-14;1-5-17(4)14(18-11-12-9-7-6-8-10-12)13-15(21-17)20-16(2,3)19-13;2-1-3/h5-9,14-16,20H,4,10-12H2,1-3H3;6-10,13-15H,5,11H2,1-4H3;/t14-,15?,16-,19+;13-,14?,15-,17+;/m00./s1. The third kappa shape index (κ3) is 7.61. The Morgan fingerprint density at radius 2 is 1.10 bits per heavy atom. The van der Waals surface area contributed by atoms with Gasteiger partial charge in [0.05, 0.1) is 24.4 Å². The maximum atomic E-state index is 10.9. The molecule has 0 spiro atoms. The minimum atomic E-state index is -0.843. The number of aliphatic hydroxyl groups is 1. The van der Waals surface area contributed by atoms with Gasteiger partial charge in [-0.2, -0.15) is 9.59 Å². The van der Waals surface area contributed by atoms with Crippen molar-refractivity contribution in [1.29, 1.82) is 0 Å². The first-order valence-corrected chi connectivity index (χ1v) is 16.8. The molecule has 2 aromatic carbocycles. The van der Waals surface area contributed by atoms with E-state index in [1.807, 2.05) is 83.1 Å². The zero-order valence-corrected chi connectivity index (χ0v) is 29.0. The van der Waals surface area contributed by atoms with Crippen LogP contribution in [0.5, 0.6) is 0 Å². The Kier molecular flexibility index (Phi) is 11.0. The first-order valence-electron chi connectivity index (χ1n) is 16.8. The summed E-state index contributed by atoms with van der Waals surface area (Å²) >= 11 is 0. The molecule has 2 unspecified atom stereocenters. The van der Waals surface area contributed by atoms with Gasteiger partial charge in [-0.05, 0) is 71.4 Å². The van der Waals surface area contributed by atoms with Crippen molar-refractivity contribution in [2.45, 2.75) is 153 Å². The number of fused-ring (bicyclic) bond motifs is 2. The highest BCUT2D eigenvalue weighted by Gasteiger charge is 2.72. The molecule has 264 valence electrons. The van der Waals surface area contributed by atoms with Crippen molar-refractivity contribution in [2.75, 3.05) is 0 Å². The third-order valence-corrected chi connectivity index (χ3v) is 9.83. The predicted octanol–water partition coefficient (Wildman–Crippen LogP) is 5.42. The van der Waals surface area contributed by atoms with Gasteiger partial charge in [-0.15, -0.1) is 0 Å². The van der Waals surface area contributed by atoms with Gasteiger partial charge in [-0.25, -0.2) is 0 Å². The highest BCUT2D eigenvalue weighted by molar-refractivity contribution is 5.21. The van der Waals surface area contributed by atoms with Crippen LogP contribution >= 0.6 is 0 Å². The van der Waals surface area contributed by atoms with Gasteiger partial charge in [0, 0.05) is 0 Å². The molecule has 0 bridgehead atoms. The van der Waals surface area contributed by atoms with E-state index in [0.717, 1.165) is 30.4 Å². The van der Waals surface area contributed by atoms with Crippen molar-refractivity contribution in [3.8, 4) is 0 Å². The maximum Gasteiger partial charge on any atom is 0.373 e. The van der Waals surface area contributed by atoms with Crippen molar-refractivity contribution in [3.63, 3.8) is 0 Å². The summed E-state index contributed by atoms with van der Waals surface area (Å²) in [5, 5.41) is 10.9. The third-order valence-electron chi connectivity index (χ3n) is 9.83. The zero-order chi connectivity index (χ0) is 34.8. The Balaban J connectivity index is 0.000000175. The number of benzene rings is 2. The van der Waals surface area contributed by atoms with Gasteiger partial charge in [0.2, 0.25) is 0 Å². The zero-order valence-electron chi connectivity index (χ0n) is 29.0. The minimum absolute atomic E-state index is 0.130. The van der Waals surface area contributed by atoms with Gasteiger partial charge in [-0.3, -0.25) is 0 Å². The van der Waals surface area contributed by atoms with Gasteiger partial charge in [-0.1, -0.05) is 74.5 Å². The average Bonchev–Trinajstić information content (AvgIpc) is 3.39. The molecule has 1 saturated carbocycles. The molecule has 8 atom stereocenters. The number of ether oxygens (including phenoxy) is 8. The largest absolute Gasteiger partial charge is 0.387 e. The highest BCUT2D eigenvalue weighted by atomic mass is 16.9. The van der Waals surface area contributed by atoms with Crippen LogP contribution in [0.15, 0.2) is 60.7 Å². The molecular weight excluding hydrogens is 620 g/mol. The maximum absolute atomic E-state index is 10.9. The van der Waals surface area contributed by atoms with Gasteiger partial charge in [0.25, 0.3) is 0 Å². The van der Waals surface area contributed by atoms with Crippen LogP contribution in [0.4, 0.5) is 0 Å². The van der Waals surface area contributed by atoms with E-state index in [9.17, 15) is 5.11 Å². The lowest BCUT2D eigenvalue weighted by atomic mass is 9.84. The van der Waals surface area contributed by atoms with Crippen LogP contribution in [0, 0.1) is 0 Å². The Hall–Kier alpha value is -2.54. The van der Waals surface area contributed by atoms with E-state index in [4.69, 9.17) is 47.5 Å². The molecule has 1 aliphatic carbocycles. The molecule has 1 N–H and O–H groups in total. The second-order valence-electron chi connectivity index (χ2n) is 14.1. The lowest BCUT2D eigenvalue weighted by molar-refractivity contribution is -0.270. The quantitative estimate of drug-likeness (QED) is 0.368. The first-order chi connectivity index (χ1) is 22.7. The van der Waals surface area contributed by atoms with Crippen LogP contribution in [0.3, 0.4) is 0 Å². The van der Waals surface area contributed by atoms with Crippen LogP contribution in [0.1, 0.15) is 85.3 Å². The Bertz CT molecular complexity index is 1370. The summed E-state index contributed by atoms with van der Waals surface area (Å²) in [4.78, 5) is 16.2. The summed E-state index contributed by atoms with van der Waals surface area (Å²) in [5.41, 5.74) is 0.253. The normalized spacial score (nSPS) is 36.1. The first kappa shape index (κ1) is 36.7. The molecule has 4 heterocycles. The monoisotopic (exact) mass is 670 g/mol. The average molecular weight is 671 g/mol. The second kappa shape index (κ2) is 14.4. The Labute approximate surface area is 283 Å². The van der Waals surface area contributed by atoms with Crippen molar-refractivity contribution >= 4 is 6.15 Å². The fraction of sp³-hybridized carbons (Fsp3) is 0.649. The van der Waals surface area contributed by atoms with Crippen molar-refractivity contribution in [1.82, 2.24) is 0 Å². The van der Waals surface area contributed by atoms with E-state index in [1.165, 1.54) is 0 Å². The molecule has 7 rings (SSSR count). The molecule has 2 aromatic rings. The molecule has 4 aliphatic heterocycles. The van der Waals surface area contributed by atoms with Gasteiger partial charge in [0.1, 0.15) is 30.0 Å². The number of hydrogen-bond acceptors (Lipinski definition) is 11. The Morgan fingerprint density at radius 3 is 1.54 bits per heavy atom. The molecule has 0 radical (unpaired) electrons. The molecule has 11 heteroatoms.